The molecule has 1 saturated carbocycles. The van der Waals surface area contributed by atoms with Crippen LogP contribution >= 0.6 is 0 Å². The average molecular weight is 350 g/mol. The van der Waals surface area contributed by atoms with E-state index in [1.54, 1.807) is 0 Å². The summed E-state index contributed by atoms with van der Waals surface area (Å²) >= 11 is 0. The molecule has 0 spiro atoms. The zero-order valence-corrected chi connectivity index (χ0v) is 16.5. The highest BCUT2D eigenvalue weighted by Crippen LogP contribution is 2.48. The van der Waals surface area contributed by atoms with Gasteiger partial charge in [0.1, 0.15) is 11.9 Å². The number of Topliss-reactive ketones (excluding diaryl/α,β-unsaturated/α-hetero) is 1. The van der Waals surface area contributed by atoms with Crippen LogP contribution in [-0.4, -0.2) is 35.0 Å². The van der Waals surface area contributed by atoms with E-state index in [9.17, 15) is 14.7 Å². The Balaban J connectivity index is 0.000000181. The molecule has 1 heterocycles. The molecule has 0 unspecified atom stereocenters. The number of carbonyl (C=O) groups excluding carboxylic acids is 2. The number of rotatable bonds is 3. The molecule has 4 heteroatoms. The van der Waals surface area contributed by atoms with E-state index in [0.717, 1.165) is 43.1 Å². The lowest BCUT2D eigenvalue weighted by molar-refractivity contribution is -0.125. The fourth-order valence-electron chi connectivity index (χ4n) is 3.94. The summed E-state index contributed by atoms with van der Waals surface area (Å²) in [6.07, 6.45) is 4.19. The number of hydrogen-bond acceptors (Lipinski definition) is 4. The molecule has 1 aliphatic heterocycles. The molecule has 142 valence electrons. The first kappa shape index (κ1) is 20.3. The van der Waals surface area contributed by atoms with Crippen molar-refractivity contribution in [2.45, 2.75) is 85.0 Å². The Kier molecular flexibility index (Phi) is 6.26. The number of carbonyl (C=O) groups is 2. The van der Waals surface area contributed by atoms with Crippen LogP contribution in [0.3, 0.4) is 0 Å². The minimum absolute atomic E-state index is 0.242. The second-order valence-electron chi connectivity index (χ2n) is 8.87. The van der Waals surface area contributed by atoms with Gasteiger partial charge in [-0.25, -0.2) is 0 Å². The van der Waals surface area contributed by atoms with Crippen LogP contribution in [-0.2, 0) is 14.3 Å². The van der Waals surface area contributed by atoms with Gasteiger partial charge in [-0.2, -0.15) is 0 Å². The number of allylic oxidation sites excluding steroid dienone is 1. The SMILES string of the molecule is CC(C)[C@H]1CC(=O)[C@@]2(C)O[C@H]2C1.CC1=C(C=O)C[C@H](C(C)C)C[C@@H]1O. The van der Waals surface area contributed by atoms with E-state index in [0.29, 0.717) is 29.5 Å². The van der Waals surface area contributed by atoms with Gasteiger partial charge in [0, 0.05) is 6.42 Å². The summed E-state index contributed by atoms with van der Waals surface area (Å²) in [6, 6.07) is 0. The first-order chi connectivity index (χ1) is 11.6. The van der Waals surface area contributed by atoms with E-state index in [2.05, 4.69) is 27.7 Å². The Labute approximate surface area is 152 Å². The number of epoxide rings is 1. The molecule has 3 rings (SSSR count). The van der Waals surface area contributed by atoms with Crippen molar-refractivity contribution in [3.05, 3.63) is 11.1 Å². The van der Waals surface area contributed by atoms with Gasteiger partial charge in [0.2, 0.25) is 0 Å². The highest BCUT2D eigenvalue weighted by Gasteiger charge is 2.61. The fraction of sp³-hybridized carbons (Fsp3) is 0.810. The zero-order chi connectivity index (χ0) is 18.9. The molecule has 0 amide bonds. The first-order valence-electron chi connectivity index (χ1n) is 9.64. The number of ether oxygens (including phenoxy) is 1. The van der Waals surface area contributed by atoms with Crippen LogP contribution < -0.4 is 0 Å². The second kappa shape index (κ2) is 7.71. The molecule has 0 radical (unpaired) electrons. The van der Waals surface area contributed by atoms with E-state index in [1.807, 2.05) is 13.8 Å². The molecule has 0 bridgehead atoms. The standard InChI is InChI=1S/C11H18O2.C10H16O2/c1-7(2)9-4-10(6-12)8(3)11(13)5-9;1-6(2)7-4-8(11)10(3)9(5-7)12-10/h6-7,9,11,13H,4-5H2,1-3H3;6-7,9H,4-5H2,1-3H3/t9-,11-;7-,9-,10+/m00/s1. The number of aliphatic hydroxyl groups excluding tert-OH is 1. The lowest BCUT2D eigenvalue weighted by atomic mass is 9.77. The zero-order valence-electron chi connectivity index (χ0n) is 16.5. The largest absolute Gasteiger partial charge is 0.389 e. The van der Waals surface area contributed by atoms with Gasteiger partial charge in [0.05, 0.1) is 12.2 Å². The number of ketones is 1. The van der Waals surface area contributed by atoms with Crippen LogP contribution in [0.4, 0.5) is 0 Å². The number of fused-ring (bicyclic) bond motifs is 1. The topological polar surface area (TPSA) is 66.9 Å². The van der Waals surface area contributed by atoms with Gasteiger partial charge >= 0.3 is 0 Å². The van der Waals surface area contributed by atoms with Crippen LogP contribution in [0.1, 0.15) is 67.2 Å². The van der Waals surface area contributed by atoms with Crippen molar-refractivity contribution in [3.8, 4) is 0 Å². The fourth-order valence-corrected chi connectivity index (χ4v) is 3.94. The maximum absolute atomic E-state index is 11.5. The summed E-state index contributed by atoms with van der Waals surface area (Å²) in [5, 5.41) is 9.68. The third kappa shape index (κ3) is 4.40. The van der Waals surface area contributed by atoms with Gasteiger partial charge in [-0.3, -0.25) is 9.59 Å². The van der Waals surface area contributed by atoms with Gasteiger partial charge in [0.25, 0.3) is 0 Å². The number of aliphatic hydroxyl groups is 1. The van der Waals surface area contributed by atoms with Crippen LogP contribution in [0.15, 0.2) is 11.1 Å². The van der Waals surface area contributed by atoms with Crippen molar-refractivity contribution in [1.82, 2.24) is 0 Å². The predicted molar refractivity (Wildman–Crippen MR) is 98.2 cm³/mol. The van der Waals surface area contributed by atoms with E-state index in [4.69, 9.17) is 4.74 Å². The van der Waals surface area contributed by atoms with E-state index < -0.39 is 6.10 Å². The van der Waals surface area contributed by atoms with Gasteiger partial charge in [0.15, 0.2) is 5.78 Å². The Morgan fingerprint density at radius 2 is 1.68 bits per heavy atom. The maximum Gasteiger partial charge on any atom is 0.167 e. The van der Waals surface area contributed by atoms with Crippen molar-refractivity contribution in [1.29, 1.82) is 0 Å². The molecule has 0 aromatic heterocycles. The van der Waals surface area contributed by atoms with Crippen molar-refractivity contribution in [2.24, 2.45) is 23.7 Å². The van der Waals surface area contributed by atoms with Gasteiger partial charge in [-0.1, -0.05) is 27.7 Å². The minimum Gasteiger partial charge on any atom is -0.389 e. The number of hydrogen-bond donors (Lipinski definition) is 1. The summed E-state index contributed by atoms with van der Waals surface area (Å²) in [6.45, 7) is 12.4. The Bertz CT molecular complexity index is 548. The quantitative estimate of drug-likeness (QED) is 0.622. The molecular formula is C21H34O4. The molecule has 5 atom stereocenters. The summed E-state index contributed by atoms with van der Waals surface area (Å²) in [5.41, 5.74) is 1.30. The summed E-state index contributed by atoms with van der Waals surface area (Å²) in [7, 11) is 0. The average Bonchev–Trinajstić information content (AvgIpc) is 3.22. The smallest absolute Gasteiger partial charge is 0.167 e. The highest BCUT2D eigenvalue weighted by atomic mass is 16.6. The lowest BCUT2D eigenvalue weighted by Crippen LogP contribution is -2.33. The van der Waals surface area contributed by atoms with Crippen LogP contribution in [0.5, 0.6) is 0 Å². The molecule has 0 aromatic rings. The van der Waals surface area contributed by atoms with Gasteiger partial charge in [-0.15, -0.1) is 0 Å². The molecule has 2 aliphatic carbocycles. The van der Waals surface area contributed by atoms with Gasteiger partial charge in [-0.05, 0) is 67.9 Å². The third-order valence-electron chi connectivity index (χ3n) is 6.50. The first-order valence-corrected chi connectivity index (χ1v) is 9.64. The molecular weight excluding hydrogens is 316 g/mol. The van der Waals surface area contributed by atoms with Crippen molar-refractivity contribution >= 4 is 12.1 Å². The minimum atomic E-state index is -0.402. The lowest BCUT2D eigenvalue weighted by Gasteiger charge is -2.30. The summed E-state index contributed by atoms with van der Waals surface area (Å²) in [4.78, 5) is 22.3. The normalized spacial score (nSPS) is 37.6. The third-order valence-corrected chi connectivity index (χ3v) is 6.50. The number of aldehydes is 1. The van der Waals surface area contributed by atoms with Gasteiger partial charge < -0.3 is 9.84 Å². The maximum atomic E-state index is 11.5. The molecule has 1 saturated heterocycles. The summed E-state index contributed by atoms with van der Waals surface area (Å²) in [5.74, 6) is 2.48. The molecule has 2 fully saturated rings. The van der Waals surface area contributed by atoms with Crippen LogP contribution in [0.25, 0.3) is 0 Å². The second-order valence-corrected chi connectivity index (χ2v) is 8.87. The van der Waals surface area contributed by atoms with Crippen LogP contribution in [0.2, 0.25) is 0 Å². The Morgan fingerprint density at radius 3 is 2.16 bits per heavy atom. The molecule has 3 aliphatic rings. The van der Waals surface area contributed by atoms with Crippen molar-refractivity contribution in [3.63, 3.8) is 0 Å². The molecule has 25 heavy (non-hydrogen) atoms. The monoisotopic (exact) mass is 350 g/mol. The highest BCUT2D eigenvalue weighted by molar-refractivity contribution is 5.91. The Hall–Kier alpha value is -1.00. The van der Waals surface area contributed by atoms with Crippen molar-refractivity contribution < 1.29 is 19.4 Å². The van der Waals surface area contributed by atoms with Crippen molar-refractivity contribution in [2.75, 3.05) is 0 Å². The Morgan fingerprint density at radius 1 is 1.12 bits per heavy atom. The summed E-state index contributed by atoms with van der Waals surface area (Å²) < 4.78 is 5.41. The molecule has 1 N–H and O–H groups in total. The van der Waals surface area contributed by atoms with Crippen LogP contribution in [0, 0.1) is 23.7 Å². The van der Waals surface area contributed by atoms with E-state index >= 15 is 0 Å². The molecule has 0 aromatic carbocycles. The van der Waals surface area contributed by atoms with E-state index in [-0.39, 0.29) is 11.7 Å². The molecule has 4 nitrogen and oxygen atoms in total. The van der Waals surface area contributed by atoms with E-state index in [1.165, 1.54) is 0 Å². The predicted octanol–water partition coefficient (Wildman–Crippen LogP) is 3.71.